The summed E-state index contributed by atoms with van der Waals surface area (Å²) in [6, 6.07) is 10.0. The molecule has 1 unspecified atom stereocenters. The Kier molecular flexibility index (Phi) is 5.35. The molecule has 0 saturated heterocycles. The quantitative estimate of drug-likeness (QED) is 0.803. The normalized spacial score (nSPS) is 17.1. The molecule has 0 bridgehead atoms. The lowest BCUT2D eigenvalue weighted by Gasteiger charge is -2.26. The van der Waals surface area contributed by atoms with E-state index < -0.39 is 17.7 Å². The number of ether oxygens (including phenoxy) is 1. The van der Waals surface area contributed by atoms with Crippen LogP contribution in [0.2, 0.25) is 0 Å². The summed E-state index contributed by atoms with van der Waals surface area (Å²) in [7, 11) is 0. The first kappa shape index (κ1) is 18.8. The van der Waals surface area contributed by atoms with E-state index in [1.54, 1.807) is 38.1 Å². The molecule has 142 valence electrons. The van der Waals surface area contributed by atoms with E-state index >= 15 is 0 Å². The van der Waals surface area contributed by atoms with Gasteiger partial charge < -0.3 is 19.2 Å². The summed E-state index contributed by atoms with van der Waals surface area (Å²) >= 11 is 0. The predicted molar refractivity (Wildman–Crippen MR) is 99.1 cm³/mol. The molecular weight excluding hydrogens is 346 g/mol. The van der Waals surface area contributed by atoms with Crippen LogP contribution >= 0.6 is 0 Å². The molecule has 1 N–H and O–H groups in total. The fourth-order valence-electron chi connectivity index (χ4n) is 3.21. The number of aliphatic hydroxyl groups is 1. The second-order valence-electron chi connectivity index (χ2n) is 6.70. The van der Waals surface area contributed by atoms with Gasteiger partial charge in [0.25, 0.3) is 5.91 Å². The number of benzene rings is 1. The molecule has 0 saturated carbocycles. The first-order valence-electron chi connectivity index (χ1n) is 8.97. The van der Waals surface area contributed by atoms with Crippen molar-refractivity contribution in [2.45, 2.75) is 33.4 Å². The van der Waals surface area contributed by atoms with E-state index in [1.165, 1.54) is 11.2 Å². The molecule has 0 fully saturated rings. The number of nitrogens with zero attached hydrogens (tertiary/aromatic N) is 1. The van der Waals surface area contributed by atoms with Gasteiger partial charge >= 0.3 is 0 Å². The Labute approximate surface area is 158 Å². The van der Waals surface area contributed by atoms with Crippen molar-refractivity contribution in [1.29, 1.82) is 0 Å². The summed E-state index contributed by atoms with van der Waals surface area (Å²) in [6.45, 7) is 6.09. The molecule has 3 rings (SSSR count). The fraction of sp³-hybridized carbons (Fsp3) is 0.333. The van der Waals surface area contributed by atoms with Gasteiger partial charge in [0.15, 0.2) is 11.5 Å². The number of carbonyl (C=O) groups is 2. The van der Waals surface area contributed by atoms with Gasteiger partial charge in [-0.1, -0.05) is 26.0 Å². The van der Waals surface area contributed by atoms with Crippen LogP contribution < -0.4 is 4.74 Å². The second kappa shape index (κ2) is 7.70. The Morgan fingerprint density at radius 2 is 1.96 bits per heavy atom. The maximum atomic E-state index is 12.8. The van der Waals surface area contributed by atoms with Crippen LogP contribution in [0.5, 0.6) is 5.75 Å². The van der Waals surface area contributed by atoms with Gasteiger partial charge in [-0.2, -0.15) is 0 Å². The van der Waals surface area contributed by atoms with E-state index in [-0.39, 0.29) is 23.8 Å². The number of aliphatic hydroxyl groups excluding tert-OH is 1. The van der Waals surface area contributed by atoms with E-state index in [0.29, 0.717) is 18.1 Å². The van der Waals surface area contributed by atoms with Crippen molar-refractivity contribution in [3.63, 3.8) is 0 Å². The number of amides is 1. The van der Waals surface area contributed by atoms with Crippen LogP contribution in [0.1, 0.15) is 38.1 Å². The minimum atomic E-state index is -0.673. The molecule has 1 aromatic heterocycles. The maximum absolute atomic E-state index is 12.8. The van der Waals surface area contributed by atoms with Gasteiger partial charge in [-0.25, -0.2) is 0 Å². The molecule has 0 radical (unpaired) electrons. The van der Waals surface area contributed by atoms with Gasteiger partial charge in [0.2, 0.25) is 0 Å². The molecule has 0 aliphatic carbocycles. The van der Waals surface area contributed by atoms with E-state index in [9.17, 15) is 14.7 Å². The number of rotatable bonds is 7. The standard InChI is InChI=1S/C21H23NO5/c1-4-26-15-9-7-14(8-10-15)18-17(19(23)13(2)3)20(24)21(25)22(18)12-16-6-5-11-27-16/h5-11,13,18,24H,4,12H2,1-3H3. The van der Waals surface area contributed by atoms with Crippen LogP contribution in [0, 0.1) is 5.92 Å². The first-order valence-corrected chi connectivity index (χ1v) is 8.97. The van der Waals surface area contributed by atoms with E-state index in [0.717, 1.165) is 5.56 Å². The first-order chi connectivity index (χ1) is 12.9. The lowest BCUT2D eigenvalue weighted by atomic mass is 9.91. The van der Waals surface area contributed by atoms with Crippen molar-refractivity contribution in [1.82, 2.24) is 4.90 Å². The van der Waals surface area contributed by atoms with Crippen LogP contribution in [-0.4, -0.2) is 28.3 Å². The van der Waals surface area contributed by atoms with Crippen molar-refractivity contribution in [2.24, 2.45) is 5.92 Å². The van der Waals surface area contributed by atoms with Crippen molar-refractivity contribution >= 4 is 11.7 Å². The van der Waals surface area contributed by atoms with Crippen LogP contribution in [0.4, 0.5) is 0 Å². The molecule has 0 spiro atoms. The molecule has 1 aliphatic rings. The number of Topliss-reactive ketones (excluding diaryl/α,β-unsaturated/α-hetero) is 1. The highest BCUT2D eigenvalue weighted by atomic mass is 16.5. The molecule has 1 amide bonds. The Morgan fingerprint density at radius 1 is 1.26 bits per heavy atom. The third-order valence-corrected chi connectivity index (χ3v) is 4.51. The Morgan fingerprint density at radius 3 is 2.52 bits per heavy atom. The van der Waals surface area contributed by atoms with E-state index in [4.69, 9.17) is 9.15 Å². The highest BCUT2D eigenvalue weighted by molar-refractivity contribution is 6.09. The van der Waals surface area contributed by atoms with Crippen molar-refractivity contribution < 1.29 is 23.8 Å². The van der Waals surface area contributed by atoms with E-state index in [2.05, 4.69) is 0 Å². The van der Waals surface area contributed by atoms with Crippen molar-refractivity contribution in [3.8, 4) is 5.75 Å². The van der Waals surface area contributed by atoms with Crippen LogP contribution in [0.15, 0.2) is 58.4 Å². The number of furan rings is 1. The smallest absolute Gasteiger partial charge is 0.290 e. The average molecular weight is 369 g/mol. The van der Waals surface area contributed by atoms with Gasteiger partial charge in [0.05, 0.1) is 31.0 Å². The van der Waals surface area contributed by atoms with Gasteiger partial charge in [-0.05, 0) is 36.8 Å². The molecule has 6 nitrogen and oxygen atoms in total. The van der Waals surface area contributed by atoms with Crippen LogP contribution in [0.3, 0.4) is 0 Å². The average Bonchev–Trinajstić information content (AvgIpc) is 3.24. The van der Waals surface area contributed by atoms with Crippen LogP contribution in [0.25, 0.3) is 0 Å². The zero-order chi connectivity index (χ0) is 19.6. The van der Waals surface area contributed by atoms with Crippen molar-refractivity contribution in [2.75, 3.05) is 6.61 Å². The maximum Gasteiger partial charge on any atom is 0.290 e. The van der Waals surface area contributed by atoms with Crippen molar-refractivity contribution in [3.05, 3.63) is 65.3 Å². The Bertz CT molecular complexity index is 849. The monoisotopic (exact) mass is 369 g/mol. The minimum Gasteiger partial charge on any atom is -0.503 e. The topological polar surface area (TPSA) is 80.0 Å². The molecule has 6 heteroatoms. The molecule has 1 atom stereocenters. The number of ketones is 1. The predicted octanol–water partition coefficient (Wildman–Crippen LogP) is 3.80. The zero-order valence-corrected chi connectivity index (χ0v) is 15.6. The third kappa shape index (κ3) is 3.60. The lowest BCUT2D eigenvalue weighted by Crippen LogP contribution is -2.31. The van der Waals surface area contributed by atoms with Gasteiger partial charge in [-0.15, -0.1) is 0 Å². The summed E-state index contributed by atoms with van der Waals surface area (Å²) in [6.07, 6.45) is 1.52. The van der Waals surface area contributed by atoms with Gasteiger partial charge in [0, 0.05) is 5.92 Å². The minimum absolute atomic E-state index is 0.130. The number of hydrogen-bond acceptors (Lipinski definition) is 5. The Hall–Kier alpha value is -3.02. The molecular formula is C21H23NO5. The summed E-state index contributed by atoms with van der Waals surface area (Å²) in [5.74, 6) is -0.378. The highest BCUT2D eigenvalue weighted by Crippen LogP contribution is 2.40. The molecule has 27 heavy (non-hydrogen) atoms. The van der Waals surface area contributed by atoms with Crippen LogP contribution in [-0.2, 0) is 16.1 Å². The van der Waals surface area contributed by atoms with Gasteiger partial charge in [0.1, 0.15) is 11.5 Å². The summed E-state index contributed by atoms with van der Waals surface area (Å²) < 4.78 is 10.8. The highest BCUT2D eigenvalue weighted by Gasteiger charge is 2.44. The summed E-state index contributed by atoms with van der Waals surface area (Å²) in [5, 5.41) is 10.5. The number of hydrogen-bond donors (Lipinski definition) is 1. The molecule has 1 aliphatic heterocycles. The molecule has 2 aromatic rings. The summed E-state index contributed by atoms with van der Waals surface area (Å²) in [5.41, 5.74) is 0.858. The SMILES string of the molecule is CCOc1ccc(C2C(C(=O)C(C)C)=C(O)C(=O)N2Cc2ccco2)cc1. The second-order valence-corrected chi connectivity index (χ2v) is 6.70. The van der Waals surface area contributed by atoms with E-state index in [1.807, 2.05) is 19.1 Å². The Balaban J connectivity index is 2.03. The fourth-order valence-corrected chi connectivity index (χ4v) is 3.21. The third-order valence-electron chi connectivity index (χ3n) is 4.51. The van der Waals surface area contributed by atoms with Gasteiger partial charge in [-0.3, -0.25) is 9.59 Å². The number of carbonyl (C=O) groups excluding carboxylic acids is 2. The summed E-state index contributed by atoms with van der Waals surface area (Å²) in [4.78, 5) is 26.9. The largest absolute Gasteiger partial charge is 0.503 e. The lowest BCUT2D eigenvalue weighted by molar-refractivity contribution is -0.130. The molecule has 1 aromatic carbocycles. The molecule has 2 heterocycles. The zero-order valence-electron chi connectivity index (χ0n) is 15.6.